The Labute approximate surface area is 176 Å². The van der Waals surface area contributed by atoms with Crippen LogP contribution in [-0.4, -0.2) is 37.9 Å². The number of imidazole rings is 1. The number of amides is 1. The standard InChI is InChI=1S/C23H28N4OS/c1-3-19-9-4-5-12-26(19)22(28)15-27-21-14-24-11-10-20(21)25-23(27)29-16-18-8-6-7-17(2)13-18/h6-8,10-11,13-14,19H,3-5,9,12,15-16H2,1-2H3/t19-/m0/s1. The van der Waals surface area contributed by atoms with Crippen LogP contribution in [0, 0.1) is 6.92 Å². The Morgan fingerprint density at radius 2 is 2.17 bits per heavy atom. The molecule has 1 aliphatic heterocycles. The summed E-state index contributed by atoms with van der Waals surface area (Å²) in [5.41, 5.74) is 4.34. The van der Waals surface area contributed by atoms with E-state index >= 15 is 0 Å². The van der Waals surface area contributed by atoms with Crippen molar-refractivity contribution >= 4 is 28.7 Å². The second-order valence-electron chi connectivity index (χ2n) is 7.77. The number of hydrogen-bond acceptors (Lipinski definition) is 4. The number of benzene rings is 1. The summed E-state index contributed by atoms with van der Waals surface area (Å²) in [6.07, 6.45) is 8.03. The van der Waals surface area contributed by atoms with Gasteiger partial charge in [0.25, 0.3) is 0 Å². The lowest BCUT2D eigenvalue weighted by Gasteiger charge is -2.35. The molecule has 1 aliphatic rings. The number of aromatic nitrogens is 3. The molecule has 1 atom stereocenters. The molecular formula is C23H28N4OS. The van der Waals surface area contributed by atoms with Crippen LogP contribution in [-0.2, 0) is 17.1 Å². The van der Waals surface area contributed by atoms with Crippen LogP contribution < -0.4 is 0 Å². The van der Waals surface area contributed by atoms with E-state index in [1.165, 1.54) is 17.5 Å². The number of hydrogen-bond donors (Lipinski definition) is 0. The van der Waals surface area contributed by atoms with Gasteiger partial charge >= 0.3 is 0 Å². The molecule has 0 bridgehead atoms. The maximum atomic E-state index is 13.2. The van der Waals surface area contributed by atoms with Crippen molar-refractivity contribution in [2.24, 2.45) is 0 Å². The van der Waals surface area contributed by atoms with Gasteiger partial charge in [0.15, 0.2) is 5.16 Å². The lowest BCUT2D eigenvalue weighted by molar-refractivity contribution is -0.135. The average molecular weight is 409 g/mol. The van der Waals surface area contributed by atoms with E-state index < -0.39 is 0 Å². The zero-order valence-corrected chi connectivity index (χ0v) is 18.0. The fourth-order valence-electron chi connectivity index (χ4n) is 4.14. The first-order valence-electron chi connectivity index (χ1n) is 10.4. The number of rotatable bonds is 6. The van der Waals surface area contributed by atoms with Crippen molar-refractivity contribution in [1.29, 1.82) is 0 Å². The van der Waals surface area contributed by atoms with Crippen LogP contribution in [0.1, 0.15) is 43.7 Å². The number of carbonyl (C=O) groups is 1. The van der Waals surface area contributed by atoms with Crippen LogP contribution >= 0.6 is 11.8 Å². The topological polar surface area (TPSA) is 51.0 Å². The molecule has 0 radical (unpaired) electrons. The van der Waals surface area contributed by atoms with E-state index in [-0.39, 0.29) is 5.91 Å². The molecule has 0 unspecified atom stereocenters. The highest BCUT2D eigenvalue weighted by Gasteiger charge is 2.26. The number of piperidine rings is 1. The maximum absolute atomic E-state index is 13.2. The molecule has 0 saturated carbocycles. The SMILES string of the molecule is CC[C@H]1CCCCN1C(=O)Cn1c(SCc2cccc(C)c2)nc2ccncc21. The zero-order valence-electron chi connectivity index (χ0n) is 17.2. The minimum absolute atomic E-state index is 0.192. The largest absolute Gasteiger partial charge is 0.338 e. The average Bonchev–Trinajstić information content (AvgIpc) is 3.09. The van der Waals surface area contributed by atoms with Gasteiger partial charge in [-0.1, -0.05) is 48.5 Å². The van der Waals surface area contributed by atoms with Gasteiger partial charge in [0.1, 0.15) is 6.54 Å². The summed E-state index contributed by atoms with van der Waals surface area (Å²) in [6, 6.07) is 10.8. The molecule has 3 heterocycles. The fourth-order valence-corrected chi connectivity index (χ4v) is 5.10. The quantitative estimate of drug-likeness (QED) is 0.549. The van der Waals surface area contributed by atoms with E-state index in [1.807, 2.05) is 16.8 Å². The van der Waals surface area contributed by atoms with Crippen molar-refractivity contribution in [1.82, 2.24) is 19.4 Å². The van der Waals surface area contributed by atoms with E-state index in [1.54, 1.807) is 18.0 Å². The molecule has 3 aromatic rings. The summed E-state index contributed by atoms with van der Waals surface area (Å²) < 4.78 is 2.05. The molecule has 1 amide bonds. The number of nitrogens with zero attached hydrogens (tertiary/aromatic N) is 4. The number of likely N-dealkylation sites (tertiary alicyclic amines) is 1. The molecule has 1 fully saturated rings. The molecule has 29 heavy (non-hydrogen) atoms. The van der Waals surface area contributed by atoms with Gasteiger partial charge in [-0.25, -0.2) is 4.98 Å². The van der Waals surface area contributed by atoms with E-state index in [9.17, 15) is 4.79 Å². The molecule has 5 nitrogen and oxygen atoms in total. The first kappa shape index (κ1) is 20.0. The predicted molar refractivity (Wildman–Crippen MR) is 118 cm³/mol. The molecule has 0 N–H and O–H groups in total. The van der Waals surface area contributed by atoms with Gasteiger partial charge in [-0.05, 0) is 44.2 Å². The van der Waals surface area contributed by atoms with E-state index in [2.05, 4.69) is 48.0 Å². The van der Waals surface area contributed by atoms with E-state index in [0.29, 0.717) is 12.6 Å². The Bertz CT molecular complexity index is 999. The predicted octanol–water partition coefficient (Wildman–Crippen LogP) is 4.82. The zero-order chi connectivity index (χ0) is 20.2. The highest BCUT2D eigenvalue weighted by molar-refractivity contribution is 7.98. The minimum Gasteiger partial charge on any atom is -0.338 e. The Hall–Kier alpha value is -2.34. The van der Waals surface area contributed by atoms with Gasteiger partial charge in [0.05, 0.1) is 17.2 Å². The fraction of sp³-hybridized carbons (Fsp3) is 0.435. The Morgan fingerprint density at radius 1 is 1.28 bits per heavy atom. The van der Waals surface area contributed by atoms with Crippen molar-refractivity contribution in [2.75, 3.05) is 6.54 Å². The number of thioether (sulfide) groups is 1. The second-order valence-corrected chi connectivity index (χ2v) is 8.71. The maximum Gasteiger partial charge on any atom is 0.242 e. The van der Waals surface area contributed by atoms with Crippen LogP contribution in [0.25, 0.3) is 11.0 Å². The molecule has 1 saturated heterocycles. The molecule has 6 heteroatoms. The third kappa shape index (κ3) is 4.47. The van der Waals surface area contributed by atoms with E-state index in [4.69, 9.17) is 4.98 Å². The van der Waals surface area contributed by atoms with Gasteiger partial charge in [-0.2, -0.15) is 0 Å². The van der Waals surface area contributed by atoms with Crippen molar-refractivity contribution in [3.8, 4) is 0 Å². The highest BCUT2D eigenvalue weighted by Crippen LogP contribution is 2.28. The summed E-state index contributed by atoms with van der Waals surface area (Å²) in [6.45, 7) is 5.48. The van der Waals surface area contributed by atoms with Crippen LogP contribution in [0.5, 0.6) is 0 Å². The summed E-state index contributed by atoms with van der Waals surface area (Å²) in [7, 11) is 0. The first-order chi connectivity index (χ1) is 14.2. The Kier molecular flexibility index (Phi) is 6.19. The molecule has 2 aromatic heterocycles. The Balaban J connectivity index is 1.58. The van der Waals surface area contributed by atoms with Crippen LogP contribution in [0.3, 0.4) is 0 Å². The van der Waals surface area contributed by atoms with Gasteiger partial charge in [-0.3, -0.25) is 9.78 Å². The van der Waals surface area contributed by atoms with Crippen LogP contribution in [0.15, 0.2) is 47.9 Å². The third-order valence-corrected chi connectivity index (χ3v) is 6.73. The number of aryl methyl sites for hydroxylation is 1. The summed E-state index contributed by atoms with van der Waals surface area (Å²) in [4.78, 5) is 24.4. The smallest absolute Gasteiger partial charge is 0.242 e. The number of fused-ring (bicyclic) bond motifs is 1. The van der Waals surface area contributed by atoms with Gasteiger partial charge in [0, 0.05) is 24.5 Å². The summed E-state index contributed by atoms with van der Waals surface area (Å²) in [5, 5.41) is 0.882. The van der Waals surface area contributed by atoms with Crippen molar-refractivity contribution in [2.45, 2.75) is 63.0 Å². The molecule has 0 spiro atoms. The van der Waals surface area contributed by atoms with Gasteiger partial charge < -0.3 is 9.47 Å². The summed E-state index contributed by atoms with van der Waals surface area (Å²) in [5.74, 6) is 1.02. The van der Waals surface area contributed by atoms with E-state index in [0.717, 1.165) is 47.7 Å². The number of pyridine rings is 1. The minimum atomic E-state index is 0.192. The van der Waals surface area contributed by atoms with Crippen LogP contribution in [0.4, 0.5) is 0 Å². The molecule has 1 aromatic carbocycles. The lowest BCUT2D eigenvalue weighted by Crippen LogP contribution is -2.44. The third-order valence-electron chi connectivity index (χ3n) is 5.68. The van der Waals surface area contributed by atoms with Crippen molar-refractivity contribution in [3.05, 3.63) is 53.9 Å². The lowest BCUT2D eigenvalue weighted by atomic mass is 10.00. The molecular weight excluding hydrogens is 380 g/mol. The first-order valence-corrected chi connectivity index (χ1v) is 11.4. The van der Waals surface area contributed by atoms with Crippen molar-refractivity contribution < 1.29 is 4.79 Å². The summed E-state index contributed by atoms with van der Waals surface area (Å²) >= 11 is 1.68. The highest BCUT2D eigenvalue weighted by atomic mass is 32.2. The monoisotopic (exact) mass is 408 g/mol. The Morgan fingerprint density at radius 3 is 3.00 bits per heavy atom. The van der Waals surface area contributed by atoms with Gasteiger partial charge in [0.2, 0.25) is 5.91 Å². The van der Waals surface area contributed by atoms with Gasteiger partial charge in [-0.15, -0.1) is 0 Å². The normalized spacial score (nSPS) is 17.0. The molecule has 4 rings (SSSR count). The van der Waals surface area contributed by atoms with Crippen LogP contribution in [0.2, 0.25) is 0 Å². The van der Waals surface area contributed by atoms with Crippen molar-refractivity contribution in [3.63, 3.8) is 0 Å². The number of carbonyl (C=O) groups excluding carboxylic acids is 1. The molecule has 0 aliphatic carbocycles. The molecule has 152 valence electrons. The second kappa shape index (κ2) is 8.99.